The number of guanidine groups is 1. The molecule has 0 radical (unpaired) electrons. The van der Waals surface area contributed by atoms with Crippen molar-refractivity contribution < 1.29 is 5.11 Å². The van der Waals surface area contributed by atoms with Gasteiger partial charge in [0.05, 0.1) is 6.54 Å². The van der Waals surface area contributed by atoms with Crippen molar-refractivity contribution in [1.29, 1.82) is 0 Å². The Kier molecular flexibility index (Phi) is 5.71. The highest BCUT2D eigenvalue weighted by atomic mass is 16.3. The molecule has 3 rings (SSSR count). The number of aryl methyl sites for hydroxylation is 1. The van der Waals surface area contributed by atoms with Gasteiger partial charge < -0.3 is 15.7 Å². The summed E-state index contributed by atoms with van der Waals surface area (Å²) in [6.07, 6.45) is 2.60. The van der Waals surface area contributed by atoms with Gasteiger partial charge in [0.15, 0.2) is 5.96 Å². The van der Waals surface area contributed by atoms with Gasteiger partial charge >= 0.3 is 0 Å². The zero-order valence-electron chi connectivity index (χ0n) is 14.8. The van der Waals surface area contributed by atoms with Crippen LogP contribution in [-0.2, 0) is 18.4 Å². The van der Waals surface area contributed by atoms with E-state index in [1.54, 1.807) is 0 Å². The van der Waals surface area contributed by atoms with Crippen molar-refractivity contribution in [3.8, 4) is 0 Å². The molecule has 1 aliphatic rings. The van der Waals surface area contributed by atoms with Gasteiger partial charge in [-0.25, -0.2) is 4.99 Å². The highest BCUT2D eigenvalue weighted by molar-refractivity contribution is 5.79. The van der Waals surface area contributed by atoms with Crippen molar-refractivity contribution >= 4 is 5.96 Å². The number of nitrogens with one attached hydrogen (secondary N) is 2. The molecule has 0 saturated heterocycles. The van der Waals surface area contributed by atoms with Crippen molar-refractivity contribution in [3.05, 3.63) is 71.3 Å². The molecule has 4 nitrogen and oxygen atoms in total. The van der Waals surface area contributed by atoms with Crippen LogP contribution in [0.25, 0.3) is 0 Å². The molecule has 0 fully saturated rings. The van der Waals surface area contributed by atoms with Gasteiger partial charge in [-0.3, -0.25) is 0 Å². The first kappa shape index (κ1) is 17.5. The van der Waals surface area contributed by atoms with Gasteiger partial charge in [0.1, 0.15) is 5.60 Å². The van der Waals surface area contributed by atoms with Crippen molar-refractivity contribution in [2.75, 3.05) is 19.6 Å². The summed E-state index contributed by atoms with van der Waals surface area (Å²) in [5.41, 5.74) is 2.72. The Morgan fingerprint density at radius 1 is 1.08 bits per heavy atom. The van der Waals surface area contributed by atoms with Gasteiger partial charge in [0, 0.05) is 13.1 Å². The van der Waals surface area contributed by atoms with Gasteiger partial charge in [0.25, 0.3) is 0 Å². The summed E-state index contributed by atoms with van der Waals surface area (Å²) in [5.74, 6) is 0.760. The second-order valence-corrected chi connectivity index (χ2v) is 6.55. The molecule has 0 aromatic heterocycles. The lowest BCUT2D eigenvalue weighted by Gasteiger charge is -2.22. The average molecular weight is 337 g/mol. The molecule has 2 aromatic carbocycles. The van der Waals surface area contributed by atoms with Gasteiger partial charge in [-0.05, 0) is 42.9 Å². The Balaban J connectivity index is 1.60. The number of fused-ring (bicyclic) bond motifs is 1. The van der Waals surface area contributed by atoms with Crippen LogP contribution in [0.3, 0.4) is 0 Å². The highest BCUT2D eigenvalue weighted by Gasteiger charge is 2.36. The lowest BCUT2D eigenvalue weighted by molar-refractivity contribution is 0.0485. The lowest BCUT2D eigenvalue weighted by atomic mass is 9.96. The third kappa shape index (κ3) is 4.40. The van der Waals surface area contributed by atoms with Crippen LogP contribution in [0.15, 0.2) is 59.6 Å². The maximum Gasteiger partial charge on any atom is 0.191 e. The molecule has 1 unspecified atom stereocenters. The molecule has 3 N–H and O–H groups in total. The average Bonchev–Trinajstić information content (AvgIpc) is 2.98. The molecule has 0 bridgehead atoms. The zero-order valence-corrected chi connectivity index (χ0v) is 14.8. The van der Waals surface area contributed by atoms with E-state index in [4.69, 9.17) is 0 Å². The van der Waals surface area contributed by atoms with E-state index in [0.29, 0.717) is 6.54 Å². The van der Waals surface area contributed by atoms with Gasteiger partial charge in [-0.2, -0.15) is 0 Å². The Bertz CT molecular complexity index is 714. The van der Waals surface area contributed by atoms with E-state index < -0.39 is 5.60 Å². The van der Waals surface area contributed by atoms with Crippen LogP contribution in [0, 0.1) is 0 Å². The Labute approximate surface area is 150 Å². The van der Waals surface area contributed by atoms with Crippen LogP contribution >= 0.6 is 0 Å². The summed E-state index contributed by atoms with van der Waals surface area (Å²) in [6.45, 7) is 4.04. The third-order valence-corrected chi connectivity index (χ3v) is 4.72. The normalized spacial score (nSPS) is 19.5. The fourth-order valence-electron chi connectivity index (χ4n) is 3.35. The fraction of sp³-hybridized carbons (Fsp3) is 0.381. The minimum atomic E-state index is -0.849. The molecule has 25 heavy (non-hydrogen) atoms. The number of aliphatic hydroxyl groups is 1. The number of rotatable bonds is 6. The van der Waals surface area contributed by atoms with E-state index >= 15 is 0 Å². The first-order valence-corrected chi connectivity index (χ1v) is 9.08. The van der Waals surface area contributed by atoms with Gasteiger partial charge in [-0.15, -0.1) is 0 Å². The van der Waals surface area contributed by atoms with E-state index in [1.165, 1.54) is 11.1 Å². The summed E-state index contributed by atoms with van der Waals surface area (Å²) in [5, 5.41) is 17.6. The van der Waals surface area contributed by atoms with Crippen LogP contribution < -0.4 is 10.6 Å². The topological polar surface area (TPSA) is 56.7 Å². The first-order chi connectivity index (χ1) is 12.2. The fourth-order valence-corrected chi connectivity index (χ4v) is 3.35. The smallest absolute Gasteiger partial charge is 0.191 e. The summed E-state index contributed by atoms with van der Waals surface area (Å²) in [7, 11) is 0. The van der Waals surface area contributed by atoms with Crippen molar-refractivity contribution in [1.82, 2.24) is 10.6 Å². The molecular weight excluding hydrogens is 310 g/mol. The van der Waals surface area contributed by atoms with Crippen LogP contribution in [0.2, 0.25) is 0 Å². The standard InChI is InChI=1S/C21H27N3O/c1-2-22-20(23-15-13-17-8-4-3-5-9-17)24-16-21(25)14-12-18-10-6-7-11-19(18)21/h3-11,25H,2,12-16H2,1H3,(H2,22,23,24). The molecule has 0 spiro atoms. The molecule has 1 aliphatic carbocycles. The molecule has 0 aliphatic heterocycles. The van der Waals surface area contributed by atoms with E-state index in [0.717, 1.165) is 43.9 Å². The van der Waals surface area contributed by atoms with E-state index in [2.05, 4.69) is 46.0 Å². The Morgan fingerprint density at radius 3 is 2.64 bits per heavy atom. The van der Waals surface area contributed by atoms with Gasteiger partial charge in [-0.1, -0.05) is 54.6 Å². The van der Waals surface area contributed by atoms with Crippen molar-refractivity contribution in [3.63, 3.8) is 0 Å². The monoisotopic (exact) mass is 337 g/mol. The number of nitrogens with zero attached hydrogens (tertiary/aromatic N) is 1. The lowest BCUT2D eigenvalue weighted by Crippen LogP contribution is -2.39. The number of hydrogen-bond acceptors (Lipinski definition) is 2. The second kappa shape index (κ2) is 8.17. The highest BCUT2D eigenvalue weighted by Crippen LogP contribution is 2.36. The SMILES string of the molecule is CCNC(=NCC1(O)CCc2ccccc21)NCCc1ccccc1. The maximum atomic E-state index is 11.0. The van der Waals surface area contributed by atoms with Crippen molar-refractivity contribution in [2.24, 2.45) is 4.99 Å². The van der Waals surface area contributed by atoms with Crippen molar-refractivity contribution in [2.45, 2.75) is 31.8 Å². The molecular formula is C21H27N3O. The largest absolute Gasteiger partial charge is 0.383 e. The molecule has 0 amide bonds. The summed E-state index contributed by atoms with van der Waals surface area (Å²) in [4.78, 5) is 4.64. The maximum absolute atomic E-state index is 11.0. The Morgan fingerprint density at radius 2 is 1.84 bits per heavy atom. The van der Waals surface area contributed by atoms with Crippen LogP contribution in [0.4, 0.5) is 0 Å². The predicted molar refractivity (Wildman–Crippen MR) is 103 cm³/mol. The van der Waals surface area contributed by atoms with E-state index in [-0.39, 0.29) is 0 Å². The van der Waals surface area contributed by atoms with E-state index in [1.807, 2.05) is 31.2 Å². The predicted octanol–water partition coefficient (Wildman–Crippen LogP) is 2.62. The molecule has 1 atom stereocenters. The number of benzene rings is 2. The summed E-state index contributed by atoms with van der Waals surface area (Å²) in [6, 6.07) is 18.5. The molecule has 2 aromatic rings. The van der Waals surface area contributed by atoms with Crippen LogP contribution in [0.5, 0.6) is 0 Å². The number of hydrogen-bond donors (Lipinski definition) is 3. The zero-order chi connectivity index (χ0) is 17.5. The minimum Gasteiger partial charge on any atom is -0.383 e. The summed E-state index contributed by atoms with van der Waals surface area (Å²) < 4.78 is 0. The number of aliphatic imine (C=N–C) groups is 1. The quantitative estimate of drug-likeness (QED) is 0.561. The molecule has 0 saturated carbocycles. The molecule has 4 heteroatoms. The minimum absolute atomic E-state index is 0.380. The summed E-state index contributed by atoms with van der Waals surface area (Å²) >= 11 is 0. The van der Waals surface area contributed by atoms with E-state index in [9.17, 15) is 5.11 Å². The first-order valence-electron chi connectivity index (χ1n) is 9.08. The second-order valence-electron chi connectivity index (χ2n) is 6.55. The Hall–Kier alpha value is -2.33. The van der Waals surface area contributed by atoms with Gasteiger partial charge in [0.2, 0.25) is 0 Å². The van der Waals surface area contributed by atoms with Crippen LogP contribution in [-0.4, -0.2) is 30.7 Å². The molecule has 132 valence electrons. The third-order valence-electron chi connectivity index (χ3n) is 4.72. The van der Waals surface area contributed by atoms with Crippen LogP contribution in [0.1, 0.15) is 30.0 Å². The molecule has 0 heterocycles.